The lowest BCUT2D eigenvalue weighted by atomic mass is 9.87. The van der Waals surface area contributed by atoms with E-state index in [1.165, 1.54) is 11.4 Å². The zero-order valence-electron chi connectivity index (χ0n) is 19.0. The van der Waals surface area contributed by atoms with Crippen molar-refractivity contribution in [3.05, 3.63) is 51.5 Å². The van der Waals surface area contributed by atoms with E-state index in [9.17, 15) is 27.9 Å². The number of rotatable bonds is 7. The van der Waals surface area contributed by atoms with Gasteiger partial charge in [0.25, 0.3) is 0 Å². The molecule has 0 radical (unpaired) electrons. The standard InChI is InChI=1S/C24H26F3N3O3S/c1-23(2,22(32)33)8-3-6-20(31)29-10-7-16-17-5-4-9-28-21(17)30(18(16)13-29)12-15-11-19(34-14-15)24(25,26)27/h4-5,9,11,14H,3,6-8,10,12-13H2,1-2H3,(H,32,33). The zero-order valence-corrected chi connectivity index (χ0v) is 19.8. The van der Waals surface area contributed by atoms with Crippen LogP contribution in [0.5, 0.6) is 0 Å². The molecule has 0 bridgehead atoms. The molecular weight excluding hydrogens is 467 g/mol. The number of aliphatic carboxylic acids is 1. The maximum Gasteiger partial charge on any atom is 0.425 e. The van der Waals surface area contributed by atoms with E-state index in [2.05, 4.69) is 4.98 Å². The molecule has 1 aliphatic heterocycles. The third kappa shape index (κ3) is 4.82. The predicted molar refractivity (Wildman–Crippen MR) is 123 cm³/mol. The van der Waals surface area contributed by atoms with Gasteiger partial charge in [0.15, 0.2) is 0 Å². The van der Waals surface area contributed by atoms with Crippen LogP contribution in [0.1, 0.15) is 54.8 Å². The highest BCUT2D eigenvalue weighted by atomic mass is 32.1. The lowest BCUT2D eigenvalue weighted by molar-refractivity contribution is -0.147. The first-order valence-corrected chi connectivity index (χ1v) is 12.0. The van der Waals surface area contributed by atoms with Gasteiger partial charge in [0.2, 0.25) is 5.91 Å². The van der Waals surface area contributed by atoms with Gasteiger partial charge in [-0.3, -0.25) is 9.59 Å². The normalized spacial score (nSPS) is 14.4. The summed E-state index contributed by atoms with van der Waals surface area (Å²) in [4.78, 5) is 29.8. The van der Waals surface area contributed by atoms with Gasteiger partial charge >= 0.3 is 12.1 Å². The molecule has 182 valence electrons. The number of hydrogen-bond donors (Lipinski definition) is 1. The third-order valence-electron chi connectivity index (χ3n) is 6.41. The van der Waals surface area contributed by atoms with Gasteiger partial charge < -0.3 is 14.6 Å². The molecular formula is C24H26F3N3O3S. The van der Waals surface area contributed by atoms with Gasteiger partial charge in [-0.05, 0) is 67.8 Å². The van der Waals surface area contributed by atoms with Gasteiger partial charge in [-0.2, -0.15) is 13.2 Å². The van der Waals surface area contributed by atoms with Crippen LogP contribution in [0.4, 0.5) is 13.2 Å². The Hall–Kier alpha value is -2.88. The summed E-state index contributed by atoms with van der Waals surface area (Å²) in [5.74, 6) is -0.937. The minimum atomic E-state index is -4.38. The molecule has 0 aliphatic carbocycles. The molecule has 0 atom stereocenters. The quantitative estimate of drug-likeness (QED) is 0.483. The summed E-state index contributed by atoms with van der Waals surface area (Å²) in [6, 6.07) is 4.96. The van der Waals surface area contributed by atoms with Crippen molar-refractivity contribution in [1.29, 1.82) is 0 Å². The monoisotopic (exact) mass is 493 g/mol. The Kier molecular flexibility index (Phi) is 6.46. The van der Waals surface area contributed by atoms with Gasteiger partial charge in [0.1, 0.15) is 10.5 Å². The van der Waals surface area contributed by atoms with E-state index in [1.54, 1.807) is 24.9 Å². The van der Waals surface area contributed by atoms with Crippen molar-refractivity contribution in [2.24, 2.45) is 5.41 Å². The highest BCUT2D eigenvalue weighted by molar-refractivity contribution is 7.10. The summed E-state index contributed by atoms with van der Waals surface area (Å²) < 4.78 is 41.2. The lowest BCUT2D eigenvalue weighted by Gasteiger charge is -2.29. The molecule has 1 N–H and O–H groups in total. The van der Waals surface area contributed by atoms with Crippen LogP contribution < -0.4 is 0 Å². The number of carboxylic acids is 1. The summed E-state index contributed by atoms with van der Waals surface area (Å²) in [5.41, 5.74) is 2.32. The van der Waals surface area contributed by atoms with Crippen LogP contribution in [0.2, 0.25) is 0 Å². The largest absolute Gasteiger partial charge is 0.481 e. The molecule has 4 heterocycles. The summed E-state index contributed by atoms with van der Waals surface area (Å²) in [7, 11) is 0. The molecule has 0 fully saturated rings. The van der Waals surface area contributed by atoms with Gasteiger partial charge in [-0.1, -0.05) is 0 Å². The number of aromatic nitrogens is 2. The predicted octanol–water partition coefficient (Wildman–Crippen LogP) is 5.33. The number of alkyl halides is 3. The molecule has 1 aliphatic rings. The molecule has 0 saturated heterocycles. The summed E-state index contributed by atoms with van der Waals surface area (Å²) in [5, 5.41) is 11.7. The van der Waals surface area contributed by atoms with Crippen molar-refractivity contribution >= 4 is 34.2 Å². The van der Waals surface area contributed by atoms with E-state index >= 15 is 0 Å². The fourth-order valence-corrected chi connectivity index (χ4v) is 5.15. The highest BCUT2D eigenvalue weighted by Crippen LogP contribution is 2.36. The highest BCUT2D eigenvalue weighted by Gasteiger charge is 2.33. The van der Waals surface area contributed by atoms with Crippen molar-refractivity contribution in [1.82, 2.24) is 14.5 Å². The second-order valence-electron chi connectivity index (χ2n) is 9.31. The summed E-state index contributed by atoms with van der Waals surface area (Å²) in [6.07, 6.45) is -0.958. The van der Waals surface area contributed by atoms with Gasteiger partial charge in [-0.15, -0.1) is 11.3 Å². The van der Waals surface area contributed by atoms with Crippen molar-refractivity contribution < 1.29 is 27.9 Å². The molecule has 4 rings (SSSR count). The first kappa shape index (κ1) is 24.3. The molecule has 0 aromatic carbocycles. The Bertz CT molecular complexity index is 1230. The number of halogens is 3. The molecule has 0 spiro atoms. The number of carbonyl (C=O) groups excluding carboxylic acids is 1. The number of thiophene rings is 1. The number of nitrogens with zero attached hydrogens (tertiary/aromatic N) is 3. The van der Waals surface area contributed by atoms with Gasteiger partial charge in [-0.25, -0.2) is 4.98 Å². The molecule has 3 aromatic heterocycles. The maximum absolute atomic E-state index is 13.1. The van der Waals surface area contributed by atoms with E-state index in [4.69, 9.17) is 0 Å². The number of amides is 1. The third-order valence-corrected chi connectivity index (χ3v) is 7.44. The van der Waals surface area contributed by atoms with Gasteiger partial charge in [0.05, 0.1) is 18.5 Å². The Morgan fingerprint density at radius 3 is 2.71 bits per heavy atom. The van der Waals surface area contributed by atoms with Crippen molar-refractivity contribution in [2.45, 2.75) is 58.8 Å². The SMILES string of the molecule is CC(C)(CCCC(=O)N1CCc2c(n(Cc3csc(C(F)(F)F)c3)c3ncccc23)C1)C(=O)O. The number of fused-ring (bicyclic) bond motifs is 3. The summed E-state index contributed by atoms with van der Waals surface area (Å²) in [6.45, 7) is 4.42. The van der Waals surface area contributed by atoms with Crippen LogP contribution in [-0.2, 0) is 35.3 Å². The van der Waals surface area contributed by atoms with Crippen LogP contribution >= 0.6 is 11.3 Å². The molecule has 34 heavy (non-hydrogen) atoms. The molecule has 6 nitrogen and oxygen atoms in total. The van der Waals surface area contributed by atoms with Crippen LogP contribution in [-0.4, -0.2) is 38.0 Å². The first-order valence-electron chi connectivity index (χ1n) is 11.1. The van der Waals surface area contributed by atoms with Crippen molar-refractivity contribution in [3.63, 3.8) is 0 Å². The maximum atomic E-state index is 13.1. The molecule has 10 heteroatoms. The Balaban J connectivity index is 1.55. The topological polar surface area (TPSA) is 75.4 Å². The molecule has 0 saturated carbocycles. The fourth-order valence-electron chi connectivity index (χ4n) is 4.38. The minimum absolute atomic E-state index is 0.0495. The lowest BCUT2D eigenvalue weighted by Crippen LogP contribution is -2.36. The van der Waals surface area contributed by atoms with Crippen LogP contribution in [0.15, 0.2) is 29.8 Å². The summed E-state index contributed by atoms with van der Waals surface area (Å²) >= 11 is 0.674. The van der Waals surface area contributed by atoms with Crippen LogP contribution in [0.3, 0.4) is 0 Å². The Morgan fingerprint density at radius 2 is 2.03 bits per heavy atom. The zero-order chi connectivity index (χ0) is 24.7. The van der Waals surface area contributed by atoms with Gasteiger partial charge in [0, 0.05) is 30.2 Å². The Labute approximate surface area is 199 Å². The van der Waals surface area contributed by atoms with E-state index in [0.29, 0.717) is 54.9 Å². The van der Waals surface area contributed by atoms with Crippen LogP contribution in [0, 0.1) is 5.41 Å². The van der Waals surface area contributed by atoms with Crippen molar-refractivity contribution in [3.8, 4) is 0 Å². The minimum Gasteiger partial charge on any atom is -0.481 e. The number of carboxylic acid groups (broad SMARTS) is 1. The number of pyridine rings is 1. The second kappa shape index (κ2) is 9.05. The first-order chi connectivity index (χ1) is 16.0. The molecule has 3 aromatic rings. The van der Waals surface area contributed by atoms with E-state index < -0.39 is 22.4 Å². The van der Waals surface area contributed by atoms with E-state index in [1.807, 2.05) is 16.7 Å². The fraction of sp³-hybridized carbons (Fsp3) is 0.458. The van der Waals surface area contributed by atoms with E-state index in [0.717, 1.165) is 16.6 Å². The van der Waals surface area contributed by atoms with Crippen LogP contribution in [0.25, 0.3) is 11.0 Å². The van der Waals surface area contributed by atoms with E-state index in [-0.39, 0.29) is 18.9 Å². The van der Waals surface area contributed by atoms with Crippen molar-refractivity contribution in [2.75, 3.05) is 6.54 Å². The molecule has 0 unspecified atom stereocenters. The second-order valence-corrected chi connectivity index (χ2v) is 10.2. The Morgan fingerprint density at radius 1 is 1.26 bits per heavy atom. The average molecular weight is 494 g/mol. The average Bonchev–Trinajstić information content (AvgIpc) is 3.37. The number of carbonyl (C=O) groups is 2. The smallest absolute Gasteiger partial charge is 0.425 e. The molecule has 1 amide bonds. The number of hydrogen-bond acceptors (Lipinski definition) is 4.